The third-order valence-corrected chi connectivity index (χ3v) is 3.58. The van der Waals surface area contributed by atoms with E-state index in [9.17, 15) is 14.4 Å². The number of primary amides is 1. The Morgan fingerprint density at radius 2 is 1.91 bits per heavy atom. The molecule has 7 nitrogen and oxygen atoms in total. The zero-order valence-electron chi connectivity index (χ0n) is 12.0. The van der Waals surface area contributed by atoms with Gasteiger partial charge in [-0.25, -0.2) is 4.79 Å². The van der Waals surface area contributed by atoms with Crippen LogP contribution >= 0.6 is 0 Å². The summed E-state index contributed by atoms with van der Waals surface area (Å²) in [5.41, 5.74) is 5.52. The molecular weight excluding hydrogens is 288 g/mol. The van der Waals surface area contributed by atoms with Crippen LogP contribution < -0.4 is 5.73 Å². The highest BCUT2D eigenvalue weighted by atomic mass is 16.5. The van der Waals surface area contributed by atoms with E-state index in [1.165, 1.54) is 29.2 Å². The number of hydrogen-bond acceptors (Lipinski definition) is 5. The van der Waals surface area contributed by atoms with Gasteiger partial charge < -0.3 is 20.5 Å². The van der Waals surface area contributed by atoms with Crippen LogP contribution in [0, 0.1) is 0 Å². The first kappa shape index (κ1) is 15.8. The molecule has 1 aliphatic rings. The maximum Gasteiger partial charge on any atom is 0.338 e. The third-order valence-electron chi connectivity index (χ3n) is 3.58. The molecule has 2 amide bonds. The fraction of sp³-hybridized carbons (Fsp3) is 0.400. The molecule has 0 unspecified atom stereocenters. The molecule has 1 atom stereocenters. The van der Waals surface area contributed by atoms with E-state index in [1.54, 1.807) is 0 Å². The average Bonchev–Trinajstić information content (AvgIpc) is 2.53. The SMILES string of the molecule is NC(=O)[C@@H]1CCCCN1C(=O)COC(=O)c1ccc(O)cc1. The number of nitrogens with two attached hydrogens (primary N) is 1. The lowest BCUT2D eigenvalue weighted by Gasteiger charge is -2.33. The Morgan fingerprint density at radius 1 is 1.23 bits per heavy atom. The lowest BCUT2D eigenvalue weighted by molar-refractivity contribution is -0.143. The molecule has 1 aromatic rings. The van der Waals surface area contributed by atoms with E-state index in [4.69, 9.17) is 15.6 Å². The number of likely N-dealkylation sites (tertiary alicyclic amines) is 1. The second-order valence-electron chi connectivity index (χ2n) is 5.12. The van der Waals surface area contributed by atoms with Crippen LogP contribution in [0.3, 0.4) is 0 Å². The Bertz CT molecular complexity index is 570. The summed E-state index contributed by atoms with van der Waals surface area (Å²) >= 11 is 0. The molecule has 22 heavy (non-hydrogen) atoms. The van der Waals surface area contributed by atoms with Gasteiger partial charge in [0.1, 0.15) is 11.8 Å². The maximum atomic E-state index is 12.1. The first-order valence-electron chi connectivity index (χ1n) is 7.04. The molecule has 1 heterocycles. The second kappa shape index (κ2) is 6.93. The molecule has 1 fully saturated rings. The van der Waals surface area contributed by atoms with Gasteiger partial charge in [-0.2, -0.15) is 0 Å². The molecule has 0 saturated carbocycles. The minimum Gasteiger partial charge on any atom is -0.508 e. The van der Waals surface area contributed by atoms with E-state index < -0.39 is 30.4 Å². The molecule has 0 radical (unpaired) electrons. The Kier molecular flexibility index (Phi) is 4.98. The largest absolute Gasteiger partial charge is 0.508 e. The number of nitrogens with zero attached hydrogens (tertiary/aromatic N) is 1. The smallest absolute Gasteiger partial charge is 0.338 e. The highest BCUT2D eigenvalue weighted by Gasteiger charge is 2.30. The summed E-state index contributed by atoms with van der Waals surface area (Å²) in [7, 11) is 0. The van der Waals surface area contributed by atoms with Crippen molar-refractivity contribution in [3.63, 3.8) is 0 Å². The van der Waals surface area contributed by atoms with Crippen LogP contribution in [0.5, 0.6) is 5.75 Å². The maximum absolute atomic E-state index is 12.1. The number of benzene rings is 1. The van der Waals surface area contributed by atoms with Crippen molar-refractivity contribution in [1.82, 2.24) is 4.90 Å². The molecule has 0 spiro atoms. The summed E-state index contributed by atoms with van der Waals surface area (Å²) in [5.74, 6) is -1.61. The molecule has 1 aromatic carbocycles. The van der Waals surface area contributed by atoms with Gasteiger partial charge in [0.15, 0.2) is 6.61 Å². The van der Waals surface area contributed by atoms with Crippen molar-refractivity contribution in [3.05, 3.63) is 29.8 Å². The summed E-state index contributed by atoms with van der Waals surface area (Å²) in [4.78, 5) is 36.6. The summed E-state index contributed by atoms with van der Waals surface area (Å²) in [6, 6.07) is 4.87. The molecule has 1 saturated heterocycles. The molecular formula is C15H18N2O5. The molecule has 0 aliphatic carbocycles. The Labute approximate surface area is 127 Å². The number of phenolic OH excluding ortho intramolecular Hbond substituents is 1. The monoisotopic (exact) mass is 306 g/mol. The number of aromatic hydroxyl groups is 1. The Morgan fingerprint density at radius 3 is 2.55 bits per heavy atom. The molecule has 2 rings (SSSR count). The number of esters is 1. The molecule has 3 N–H and O–H groups in total. The van der Waals surface area contributed by atoms with Crippen LogP contribution in [-0.4, -0.2) is 47.0 Å². The van der Waals surface area contributed by atoms with Crippen LogP contribution in [-0.2, 0) is 14.3 Å². The van der Waals surface area contributed by atoms with E-state index in [-0.39, 0.29) is 11.3 Å². The van der Waals surface area contributed by atoms with Gasteiger partial charge in [0.05, 0.1) is 5.56 Å². The van der Waals surface area contributed by atoms with E-state index in [2.05, 4.69) is 0 Å². The summed E-state index contributed by atoms with van der Waals surface area (Å²) in [6.45, 7) is -0.00725. The topological polar surface area (TPSA) is 110 Å². The lowest BCUT2D eigenvalue weighted by atomic mass is 10.0. The zero-order chi connectivity index (χ0) is 16.1. The van der Waals surface area contributed by atoms with Crippen molar-refractivity contribution in [2.24, 2.45) is 5.73 Å². The zero-order valence-corrected chi connectivity index (χ0v) is 12.0. The fourth-order valence-electron chi connectivity index (χ4n) is 2.42. The lowest BCUT2D eigenvalue weighted by Crippen LogP contribution is -2.51. The number of hydrogen-bond donors (Lipinski definition) is 2. The van der Waals surface area contributed by atoms with Crippen LogP contribution in [0.4, 0.5) is 0 Å². The van der Waals surface area contributed by atoms with Gasteiger partial charge in [0.25, 0.3) is 5.91 Å². The molecule has 7 heteroatoms. The second-order valence-corrected chi connectivity index (χ2v) is 5.12. The van der Waals surface area contributed by atoms with Crippen molar-refractivity contribution in [2.45, 2.75) is 25.3 Å². The van der Waals surface area contributed by atoms with Crippen molar-refractivity contribution < 1.29 is 24.2 Å². The van der Waals surface area contributed by atoms with E-state index in [0.717, 1.165) is 12.8 Å². The highest BCUT2D eigenvalue weighted by molar-refractivity contribution is 5.92. The highest BCUT2D eigenvalue weighted by Crippen LogP contribution is 2.17. The van der Waals surface area contributed by atoms with Gasteiger partial charge in [-0.15, -0.1) is 0 Å². The van der Waals surface area contributed by atoms with Gasteiger partial charge in [0, 0.05) is 6.54 Å². The minimum absolute atomic E-state index is 0.0326. The minimum atomic E-state index is -0.666. The van der Waals surface area contributed by atoms with E-state index in [1.807, 2.05) is 0 Å². The van der Waals surface area contributed by atoms with Crippen LogP contribution in [0.15, 0.2) is 24.3 Å². The summed E-state index contributed by atoms with van der Waals surface area (Å²) in [6.07, 6.45) is 2.17. The summed E-state index contributed by atoms with van der Waals surface area (Å²) < 4.78 is 4.95. The van der Waals surface area contributed by atoms with E-state index >= 15 is 0 Å². The van der Waals surface area contributed by atoms with Crippen LogP contribution in [0.1, 0.15) is 29.6 Å². The van der Waals surface area contributed by atoms with Crippen LogP contribution in [0.25, 0.3) is 0 Å². The summed E-state index contributed by atoms with van der Waals surface area (Å²) in [5, 5.41) is 9.15. The normalized spacial score (nSPS) is 17.8. The number of carbonyl (C=O) groups excluding carboxylic acids is 3. The Balaban J connectivity index is 1.92. The van der Waals surface area contributed by atoms with Crippen molar-refractivity contribution >= 4 is 17.8 Å². The number of ether oxygens (including phenoxy) is 1. The molecule has 0 bridgehead atoms. The van der Waals surface area contributed by atoms with Gasteiger partial charge in [-0.3, -0.25) is 9.59 Å². The van der Waals surface area contributed by atoms with Gasteiger partial charge >= 0.3 is 5.97 Å². The molecule has 0 aromatic heterocycles. The number of carbonyl (C=O) groups is 3. The van der Waals surface area contributed by atoms with Crippen molar-refractivity contribution in [2.75, 3.05) is 13.2 Å². The number of rotatable bonds is 4. The van der Waals surface area contributed by atoms with E-state index in [0.29, 0.717) is 13.0 Å². The quantitative estimate of drug-likeness (QED) is 0.783. The van der Waals surface area contributed by atoms with Gasteiger partial charge in [-0.05, 0) is 43.5 Å². The number of amides is 2. The van der Waals surface area contributed by atoms with Gasteiger partial charge in [0.2, 0.25) is 5.91 Å². The standard InChI is InChI=1S/C15H18N2O5/c16-14(20)12-3-1-2-8-17(12)13(19)9-22-15(21)10-4-6-11(18)7-5-10/h4-7,12,18H,1-3,8-9H2,(H2,16,20)/t12-/m0/s1. The van der Waals surface area contributed by atoms with Crippen molar-refractivity contribution in [1.29, 1.82) is 0 Å². The first-order valence-corrected chi connectivity index (χ1v) is 7.04. The average molecular weight is 306 g/mol. The van der Waals surface area contributed by atoms with Crippen molar-refractivity contribution in [3.8, 4) is 5.75 Å². The molecule has 118 valence electrons. The predicted molar refractivity (Wildman–Crippen MR) is 76.9 cm³/mol. The van der Waals surface area contributed by atoms with Gasteiger partial charge in [-0.1, -0.05) is 0 Å². The first-order chi connectivity index (χ1) is 10.5. The third kappa shape index (κ3) is 3.75. The number of phenols is 1. The van der Waals surface area contributed by atoms with Crippen LogP contribution in [0.2, 0.25) is 0 Å². The Hall–Kier alpha value is -2.57. The number of piperidine rings is 1. The fourth-order valence-corrected chi connectivity index (χ4v) is 2.42. The predicted octanol–water partition coefficient (Wildman–Crippen LogP) is 0.415. The molecule has 1 aliphatic heterocycles.